The third-order valence-electron chi connectivity index (χ3n) is 7.70. The van der Waals surface area contributed by atoms with Crippen molar-refractivity contribution in [3.63, 3.8) is 0 Å². The highest BCUT2D eigenvalue weighted by atomic mass is 32.1. The first-order valence-corrected chi connectivity index (χ1v) is 13.9. The Labute approximate surface area is 233 Å². The van der Waals surface area contributed by atoms with E-state index in [1.807, 2.05) is 18.2 Å². The molecule has 0 saturated carbocycles. The van der Waals surface area contributed by atoms with Gasteiger partial charge in [-0.3, -0.25) is 0 Å². The number of thiophene rings is 1. The van der Waals surface area contributed by atoms with E-state index in [2.05, 4.69) is 110 Å². The number of anilines is 2. The lowest BCUT2D eigenvalue weighted by atomic mass is 9.82. The molecule has 2 aliphatic rings. The van der Waals surface area contributed by atoms with E-state index in [1.54, 1.807) is 23.5 Å². The molecule has 3 nitrogen and oxygen atoms in total. The molecule has 4 heteroatoms. The van der Waals surface area contributed by atoms with Crippen LogP contribution >= 0.6 is 11.3 Å². The smallest absolute Gasteiger partial charge is 0.129 e. The summed E-state index contributed by atoms with van der Waals surface area (Å²) < 4.78 is 0. The Morgan fingerprint density at radius 2 is 1.64 bits per heavy atom. The highest BCUT2D eigenvalue weighted by molar-refractivity contribution is 7.16. The standard InChI is InChI=1S/C35H27N3S/c1-35(2)32-20-29(17-18-31(32)34-33(35)21-30(39-34)14-8-9-24(22-36)23-37)38(27-12-4-3-5-13-27)28-16-15-25-10-6-7-11-26(25)19-28/h3-15,17-21,28H,16H2,1-2H3/b14-8+. The summed E-state index contributed by atoms with van der Waals surface area (Å²) in [7, 11) is 0. The molecule has 0 N–H and O–H groups in total. The van der Waals surface area contributed by atoms with Crippen LogP contribution in [0, 0.1) is 22.7 Å². The largest absolute Gasteiger partial charge is 0.334 e. The summed E-state index contributed by atoms with van der Waals surface area (Å²) in [6, 6.07) is 32.5. The number of nitriles is 2. The van der Waals surface area contributed by atoms with Gasteiger partial charge in [-0.05, 0) is 76.0 Å². The number of nitrogens with zero attached hydrogens (tertiary/aromatic N) is 3. The summed E-state index contributed by atoms with van der Waals surface area (Å²) in [6.07, 6.45) is 11.0. The van der Waals surface area contributed by atoms with Gasteiger partial charge >= 0.3 is 0 Å². The average molecular weight is 522 g/mol. The van der Waals surface area contributed by atoms with Crippen LogP contribution in [0.15, 0.2) is 96.6 Å². The molecule has 1 heterocycles. The van der Waals surface area contributed by atoms with Crippen molar-refractivity contribution in [1.82, 2.24) is 0 Å². The second-order valence-electron chi connectivity index (χ2n) is 10.4. The van der Waals surface area contributed by atoms with E-state index in [9.17, 15) is 0 Å². The molecule has 1 unspecified atom stereocenters. The maximum atomic E-state index is 8.98. The third-order valence-corrected chi connectivity index (χ3v) is 8.83. The lowest BCUT2D eigenvalue weighted by molar-refractivity contribution is 0.661. The second kappa shape index (κ2) is 9.91. The zero-order valence-corrected chi connectivity index (χ0v) is 22.7. The van der Waals surface area contributed by atoms with E-state index in [-0.39, 0.29) is 17.0 Å². The van der Waals surface area contributed by atoms with Crippen molar-refractivity contribution in [2.24, 2.45) is 0 Å². The molecule has 1 aromatic heterocycles. The Morgan fingerprint density at radius 3 is 2.41 bits per heavy atom. The van der Waals surface area contributed by atoms with Gasteiger partial charge in [0.25, 0.3) is 0 Å². The monoisotopic (exact) mass is 521 g/mol. The molecule has 0 amide bonds. The molecule has 0 radical (unpaired) electrons. The van der Waals surface area contributed by atoms with Crippen molar-refractivity contribution >= 4 is 40.9 Å². The number of allylic oxidation sites excluding steroid dienone is 3. The predicted molar refractivity (Wildman–Crippen MR) is 162 cm³/mol. The predicted octanol–water partition coefficient (Wildman–Crippen LogP) is 7.21. The van der Waals surface area contributed by atoms with Crippen LogP contribution in [0.2, 0.25) is 0 Å². The fourth-order valence-electron chi connectivity index (χ4n) is 5.71. The molecule has 1 atom stereocenters. The van der Waals surface area contributed by atoms with Gasteiger partial charge in [-0.25, -0.2) is 0 Å². The number of hydrogen-bond donors (Lipinski definition) is 0. The number of hydrogen-bond acceptors (Lipinski definition) is 4. The summed E-state index contributed by atoms with van der Waals surface area (Å²) in [4.78, 5) is 4.88. The first kappa shape index (κ1) is 24.7. The molecule has 3 aromatic carbocycles. The van der Waals surface area contributed by atoms with Crippen molar-refractivity contribution in [2.45, 2.75) is 31.7 Å². The van der Waals surface area contributed by atoms with Crippen molar-refractivity contribution in [3.8, 4) is 22.6 Å². The summed E-state index contributed by atoms with van der Waals surface area (Å²) in [5.41, 5.74) is 6.30. The van der Waals surface area contributed by atoms with Gasteiger partial charge in [-0.2, -0.15) is 10.5 Å². The fourth-order valence-corrected chi connectivity index (χ4v) is 6.98. The van der Waals surface area contributed by atoms with Crippen molar-refractivity contribution in [1.29, 1.82) is 10.5 Å². The number of fused-ring (bicyclic) bond motifs is 4. The van der Waals surface area contributed by atoms with Crippen LogP contribution in [0.3, 0.4) is 0 Å². The van der Waals surface area contributed by atoms with Gasteiger partial charge in [0.1, 0.15) is 17.7 Å². The lowest BCUT2D eigenvalue weighted by Gasteiger charge is -2.34. The number of benzene rings is 3. The summed E-state index contributed by atoms with van der Waals surface area (Å²) >= 11 is 1.76. The Bertz CT molecular complexity index is 1830. The summed E-state index contributed by atoms with van der Waals surface area (Å²) in [5.74, 6) is 0. The molecule has 4 aromatic rings. The van der Waals surface area contributed by atoms with Gasteiger partial charge in [-0.1, -0.05) is 80.6 Å². The van der Waals surface area contributed by atoms with E-state index in [0.717, 1.165) is 11.3 Å². The summed E-state index contributed by atoms with van der Waals surface area (Å²) in [5, 5.41) is 20.5. The SMILES string of the molecule is CC1(C)c2cc(N(c3ccccc3)C3C=c4ccccc4=CC3)ccc2-c2sc(/C=C/C=C(C#N)C#N)cc21. The van der Waals surface area contributed by atoms with E-state index in [0.29, 0.717) is 0 Å². The molecule has 0 saturated heterocycles. The first-order chi connectivity index (χ1) is 19.0. The Morgan fingerprint density at radius 1 is 0.897 bits per heavy atom. The number of rotatable bonds is 5. The molecule has 0 bridgehead atoms. The minimum atomic E-state index is -0.138. The van der Waals surface area contributed by atoms with Gasteiger partial charge in [0.2, 0.25) is 0 Å². The van der Waals surface area contributed by atoms with Crippen LogP contribution in [0.4, 0.5) is 11.4 Å². The van der Waals surface area contributed by atoms with Gasteiger partial charge in [0.15, 0.2) is 0 Å². The molecular formula is C35H27N3S. The minimum absolute atomic E-state index is 0.104. The van der Waals surface area contributed by atoms with E-state index < -0.39 is 0 Å². The maximum absolute atomic E-state index is 8.98. The molecule has 6 rings (SSSR count). The van der Waals surface area contributed by atoms with E-state index >= 15 is 0 Å². The van der Waals surface area contributed by atoms with Crippen LogP contribution in [-0.2, 0) is 5.41 Å². The molecule has 39 heavy (non-hydrogen) atoms. The molecule has 0 fully saturated rings. The minimum Gasteiger partial charge on any atom is -0.334 e. The zero-order chi connectivity index (χ0) is 27.0. The van der Waals surface area contributed by atoms with Crippen LogP contribution in [-0.4, -0.2) is 6.04 Å². The average Bonchev–Trinajstić information content (AvgIpc) is 3.48. The quantitative estimate of drug-likeness (QED) is 0.206. The molecular weight excluding hydrogens is 494 g/mol. The van der Waals surface area contributed by atoms with E-state index in [4.69, 9.17) is 10.5 Å². The Balaban J connectivity index is 1.41. The third kappa shape index (κ3) is 4.40. The molecule has 2 aliphatic carbocycles. The highest BCUT2D eigenvalue weighted by Crippen LogP contribution is 2.53. The second-order valence-corrected chi connectivity index (χ2v) is 11.5. The number of para-hydroxylation sites is 1. The molecule has 188 valence electrons. The Hall–Kier alpha value is -4.64. The molecule has 0 aliphatic heterocycles. The van der Waals surface area contributed by atoms with Gasteiger partial charge in [0.05, 0.1) is 6.04 Å². The Kier molecular flexibility index (Phi) is 6.27. The topological polar surface area (TPSA) is 50.8 Å². The normalized spacial score (nSPS) is 16.1. The zero-order valence-electron chi connectivity index (χ0n) is 21.9. The van der Waals surface area contributed by atoms with Crippen LogP contribution in [0.1, 0.15) is 36.3 Å². The lowest BCUT2D eigenvalue weighted by Crippen LogP contribution is -2.37. The van der Waals surface area contributed by atoms with Gasteiger partial charge < -0.3 is 4.90 Å². The summed E-state index contributed by atoms with van der Waals surface area (Å²) in [6.45, 7) is 4.60. The van der Waals surface area contributed by atoms with Gasteiger partial charge in [-0.15, -0.1) is 11.3 Å². The van der Waals surface area contributed by atoms with Crippen molar-refractivity contribution in [3.05, 3.63) is 123 Å². The molecule has 0 spiro atoms. The highest BCUT2D eigenvalue weighted by Gasteiger charge is 2.38. The fraction of sp³-hybridized carbons (Fsp3) is 0.143. The van der Waals surface area contributed by atoms with E-state index in [1.165, 1.54) is 43.4 Å². The van der Waals surface area contributed by atoms with Crippen LogP contribution in [0.5, 0.6) is 0 Å². The van der Waals surface area contributed by atoms with Crippen LogP contribution in [0.25, 0.3) is 28.7 Å². The van der Waals surface area contributed by atoms with Crippen molar-refractivity contribution in [2.75, 3.05) is 4.90 Å². The van der Waals surface area contributed by atoms with Crippen LogP contribution < -0.4 is 15.3 Å². The first-order valence-electron chi connectivity index (χ1n) is 13.1. The maximum Gasteiger partial charge on any atom is 0.129 e. The van der Waals surface area contributed by atoms with Crippen molar-refractivity contribution < 1.29 is 0 Å². The van der Waals surface area contributed by atoms with Gasteiger partial charge in [0, 0.05) is 26.5 Å².